The highest BCUT2D eigenvalue weighted by atomic mass is 16.5. The molecule has 0 fully saturated rings. The fourth-order valence-electron chi connectivity index (χ4n) is 2.38. The van der Waals surface area contributed by atoms with Crippen LogP contribution in [0.1, 0.15) is 32.5 Å². The van der Waals surface area contributed by atoms with Crippen molar-refractivity contribution >= 4 is 5.82 Å². The first-order valence-electron chi connectivity index (χ1n) is 7.20. The lowest BCUT2D eigenvalue weighted by molar-refractivity contribution is 0.415. The van der Waals surface area contributed by atoms with Crippen LogP contribution in [0.25, 0.3) is 11.3 Å². The van der Waals surface area contributed by atoms with Crippen LogP contribution in [0.15, 0.2) is 24.3 Å². The second kappa shape index (κ2) is 6.46. The first-order chi connectivity index (χ1) is 9.71. The summed E-state index contributed by atoms with van der Waals surface area (Å²) >= 11 is 0. The normalized spacial score (nSPS) is 10.8. The van der Waals surface area contributed by atoms with Gasteiger partial charge in [0.15, 0.2) is 0 Å². The van der Waals surface area contributed by atoms with Crippen LogP contribution in [0.4, 0.5) is 5.82 Å². The van der Waals surface area contributed by atoms with Crippen molar-refractivity contribution in [2.45, 2.75) is 39.7 Å². The Kier molecular flexibility index (Phi) is 4.66. The molecular formula is C16H23N3O. The number of ether oxygens (including phenoxy) is 1. The lowest BCUT2D eigenvalue weighted by Gasteiger charge is -2.07. The molecule has 2 rings (SSSR count). The van der Waals surface area contributed by atoms with Crippen molar-refractivity contribution in [3.63, 3.8) is 0 Å². The SMILES string of the molecule is CCCc1nc(-c2cccc(OC)c2)c(N)n1CCC. The molecule has 0 bridgehead atoms. The third kappa shape index (κ3) is 2.79. The van der Waals surface area contributed by atoms with Crippen LogP contribution in [0, 0.1) is 0 Å². The van der Waals surface area contributed by atoms with Crippen LogP contribution in [0.2, 0.25) is 0 Å². The van der Waals surface area contributed by atoms with Crippen molar-refractivity contribution in [1.29, 1.82) is 0 Å². The van der Waals surface area contributed by atoms with E-state index in [2.05, 4.69) is 18.4 Å². The Morgan fingerprint density at radius 3 is 2.70 bits per heavy atom. The van der Waals surface area contributed by atoms with Crippen molar-refractivity contribution in [3.05, 3.63) is 30.1 Å². The van der Waals surface area contributed by atoms with Gasteiger partial charge in [0.05, 0.1) is 7.11 Å². The molecule has 0 atom stereocenters. The molecule has 0 saturated carbocycles. The highest BCUT2D eigenvalue weighted by Crippen LogP contribution is 2.29. The molecule has 0 saturated heterocycles. The van der Waals surface area contributed by atoms with E-state index in [4.69, 9.17) is 15.5 Å². The Morgan fingerprint density at radius 1 is 1.25 bits per heavy atom. The molecule has 0 aliphatic heterocycles. The van der Waals surface area contributed by atoms with Gasteiger partial charge in [-0.3, -0.25) is 0 Å². The molecule has 0 radical (unpaired) electrons. The van der Waals surface area contributed by atoms with Crippen LogP contribution < -0.4 is 10.5 Å². The van der Waals surface area contributed by atoms with Crippen molar-refractivity contribution in [3.8, 4) is 17.0 Å². The Hall–Kier alpha value is -1.97. The van der Waals surface area contributed by atoms with Crippen LogP contribution in [-0.2, 0) is 13.0 Å². The van der Waals surface area contributed by atoms with Gasteiger partial charge in [0.2, 0.25) is 0 Å². The monoisotopic (exact) mass is 273 g/mol. The zero-order valence-corrected chi connectivity index (χ0v) is 12.5. The standard InChI is InChI=1S/C16H23N3O/c1-4-7-14-18-15(16(17)19(14)10-5-2)12-8-6-9-13(11-12)20-3/h6,8-9,11H,4-5,7,10,17H2,1-3H3. The lowest BCUT2D eigenvalue weighted by Crippen LogP contribution is -2.06. The van der Waals surface area contributed by atoms with Gasteiger partial charge in [-0.25, -0.2) is 4.98 Å². The van der Waals surface area contributed by atoms with Gasteiger partial charge in [-0.2, -0.15) is 0 Å². The summed E-state index contributed by atoms with van der Waals surface area (Å²) < 4.78 is 7.41. The van der Waals surface area contributed by atoms with Crippen molar-refractivity contribution in [2.75, 3.05) is 12.8 Å². The van der Waals surface area contributed by atoms with Crippen LogP contribution in [-0.4, -0.2) is 16.7 Å². The summed E-state index contributed by atoms with van der Waals surface area (Å²) in [6, 6.07) is 7.89. The summed E-state index contributed by atoms with van der Waals surface area (Å²) in [6.45, 7) is 5.23. The quantitative estimate of drug-likeness (QED) is 0.876. The molecule has 0 unspecified atom stereocenters. The number of rotatable bonds is 6. The van der Waals surface area contributed by atoms with Gasteiger partial charge in [0.1, 0.15) is 23.1 Å². The minimum Gasteiger partial charge on any atom is -0.497 e. The number of hydrogen-bond acceptors (Lipinski definition) is 3. The van der Waals surface area contributed by atoms with E-state index in [1.165, 1.54) is 0 Å². The highest BCUT2D eigenvalue weighted by Gasteiger charge is 2.15. The predicted octanol–water partition coefficient (Wildman–Crippen LogP) is 3.50. The first-order valence-corrected chi connectivity index (χ1v) is 7.20. The Morgan fingerprint density at radius 2 is 2.05 bits per heavy atom. The molecule has 1 aromatic carbocycles. The Labute approximate surface area is 120 Å². The molecule has 4 heteroatoms. The van der Waals surface area contributed by atoms with Gasteiger partial charge in [0.25, 0.3) is 0 Å². The van der Waals surface area contributed by atoms with E-state index in [0.717, 1.165) is 54.5 Å². The smallest absolute Gasteiger partial charge is 0.131 e. The van der Waals surface area contributed by atoms with Crippen LogP contribution in [0.5, 0.6) is 5.75 Å². The average molecular weight is 273 g/mol. The maximum absolute atomic E-state index is 6.30. The van der Waals surface area contributed by atoms with Gasteiger partial charge >= 0.3 is 0 Å². The summed E-state index contributed by atoms with van der Waals surface area (Å²) in [6.07, 6.45) is 3.07. The predicted molar refractivity (Wildman–Crippen MR) is 82.9 cm³/mol. The van der Waals surface area contributed by atoms with E-state index in [9.17, 15) is 0 Å². The Balaban J connectivity index is 2.47. The van der Waals surface area contributed by atoms with Crippen LogP contribution in [0.3, 0.4) is 0 Å². The van der Waals surface area contributed by atoms with E-state index in [1.807, 2.05) is 24.3 Å². The second-order valence-corrected chi connectivity index (χ2v) is 4.90. The first kappa shape index (κ1) is 14.4. The minimum absolute atomic E-state index is 0.753. The summed E-state index contributed by atoms with van der Waals surface area (Å²) in [4.78, 5) is 4.75. The number of methoxy groups -OCH3 is 1. The maximum atomic E-state index is 6.30. The average Bonchev–Trinajstić information content (AvgIpc) is 2.77. The number of benzene rings is 1. The van der Waals surface area contributed by atoms with E-state index in [-0.39, 0.29) is 0 Å². The molecule has 0 aliphatic rings. The van der Waals surface area contributed by atoms with Crippen molar-refractivity contribution in [1.82, 2.24) is 9.55 Å². The van der Waals surface area contributed by atoms with Crippen LogP contribution >= 0.6 is 0 Å². The zero-order chi connectivity index (χ0) is 14.5. The highest BCUT2D eigenvalue weighted by molar-refractivity contribution is 5.72. The number of imidazole rings is 1. The van der Waals surface area contributed by atoms with Crippen molar-refractivity contribution < 1.29 is 4.74 Å². The van der Waals surface area contributed by atoms with Gasteiger partial charge in [-0.1, -0.05) is 26.0 Å². The Bertz CT molecular complexity index is 575. The molecule has 0 aliphatic carbocycles. The lowest BCUT2D eigenvalue weighted by atomic mass is 10.1. The molecule has 1 heterocycles. The van der Waals surface area contributed by atoms with Crippen molar-refractivity contribution in [2.24, 2.45) is 0 Å². The minimum atomic E-state index is 0.753. The van der Waals surface area contributed by atoms with E-state index in [0.29, 0.717) is 0 Å². The summed E-state index contributed by atoms with van der Waals surface area (Å²) in [5, 5.41) is 0. The number of nitrogens with two attached hydrogens (primary N) is 1. The van der Waals surface area contributed by atoms with E-state index >= 15 is 0 Å². The molecular weight excluding hydrogens is 250 g/mol. The molecule has 4 nitrogen and oxygen atoms in total. The molecule has 108 valence electrons. The molecule has 0 spiro atoms. The summed E-state index contributed by atoms with van der Waals surface area (Å²) in [7, 11) is 1.67. The fraction of sp³-hybridized carbons (Fsp3) is 0.438. The summed E-state index contributed by atoms with van der Waals surface area (Å²) in [5.41, 5.74) is 8.17. The topological polar surface area (TPSA) is 53.1 Å². The second-order valence-electron chi connectivity index (χ2n) is 4.90. The number of aromatic nitrogens is 2. The zero-order valence-electron chi connectivity index (χ0n) is 12.5. The molecule has 1 aromatic heterocycles. The fourth-order valence-corrected chi connectivity index (χ4v) is 2.38. The number of nitrogen functional groups attached to an aromatic ring is 1. The summed E-state index contributed by atoms with van der Waals surface area (Å²) in [5.74, 6) is 2.65. The largest absolute Gasteiger partial charge is 0.497 e. The molecule has 2 aromatic rings. The number of anilines is 1. The van der Waals surface area contributed by atoms with E-state index < -0.39 is 0 Å². The third-order valence-electron chi connectivity index (χ3n) is 3.35. The number of hydrogen-bond donors (Lipinski definition) is 1. The molecule has 2 N–H and O–H groups in total. The van der Waals surface area contributed by atoms with Gasteiger partial charge < -0.3 is 15.0 Å². The molecule has 20 heavy (non-hydrogen) atoms. The van der Waals surface area contributed by atoms with Gasteiger partial charge in [-0.05, 0) is 25.0 Å². The van der Waals surface area contributed by atoms with E-state index in [1.54, 1.807) is 7.11 Å². The van der Waals surface area contributed by atoms with Gasteiger partial charge in [-0.15, -0.1) is 0 Å². The van der Waals surface area contributed by atoms with Gasteiger partial charge in [0, 0.05) is 18.5 Å². The number of aryl methyl sites for hydroxylation is 1. The maximum Gasteiger partial charge on any atom is 0.131 e. The third-order valence-corrected chi connectivity index (χ3v) is 3.35. The number of nitrogens with zero attached hydrogens (tertiary/aromatic N) is 2. The molecule has 0 amide bonds.